The summed E-state index contributed by atoms with van der Waals surface area (Å²) in [6, 6.07) is 7.38. The fraction of sp³-hybridized carbons (Fsp3) is 0.263. The van der Waals surface area contributed by atoms with Gasteiger partial charge in [-0.1, -0.05) is 48.9 Å². The highest BCUT2D eigenvalue weighted by molar-refractivity contribution is 7.17. The zero-order valence-corrected chi connectivity index (χ0v) is 17.1. The lowest BCUT2D eigenvalue weighted by atomic mass is 10.1. The van der Waals surface area contributed by atoms with Gasteiger partial charge in [-0.15, -0.1) is 0 Å². The second kappa shape index (κ2) is 8.02. The number of rotatable bonds is 5. The molecule has 0 aliphatic heterocycles. The van der Waals surface area contributed by atoms with Gasteiger partial charge in [0.2, 0.25) is 0 Å². The van der Waals surface area contributed by atoms with Crippen molar-refractivity contribution in [2.24, 2.45) is 0 Å². The van der Waals surface area contributed by atoms with E-state index in [0.29, 0.717) is 38.3 Å². The molecule has 0 spiro atoms. The van der Waals surface area contributed by atoms with E-state index >= 15 is 0 Å². The monoisotopic (exact) mass is 401 g/mol. The quantitative estimate of drug-likeness (QED) is 0.604. The number of anilines is 3. The van der Waals surface area contributed by atoms with Crippen LogP contribution in [-0.2, 0) is 0 Å². The second-order valence-corrected chi connectivity index (χ2v) is 7.86. The predicted octanol–water partition coefficient (Wildman–Crippen LogP) is 5.32. The van der Waals surface area contributed by atoms with Crippen LogP contribution in [0.25, 0.3) is 0 Å². The number of hydrogen-bond acceptors (Lipinski definition) is 6. The van der Waals surface area contributed by atoms with Crippen LogP contribution < -0.4 is 10.6 Å². The van der Waals surface area contributed by atoms with Gasteiger partial charge in [-0.25, -0.2) is 15.0 Å². The van der Waals surface area contributed by atoms with E-state index in [9.17, 15) is 4.79 Å². The maximum Gasteiger partial charge on any atom is 0.267 e. The minimum atomic E-state index is -0.251. The van der Waals surface area contributed by atoms with Gasteiger partial charge in [-0.3, -0.25) is 4.79 Å². The number of aryl methyl sites for hydroxylation is 2. The summed E-state index contributed by atoms with van der Waals surface area (Å²) in [7, 11) is 0. The van der Waals surface area contributed by atoms with Crippen molar-refractivity contribution < 1.29 is 4.79 Å². The smallest absolute Gasteiger partial charge is 0.267 e. The predicted molar refractivity (Wildman–Crippen MR) is 110 cm³/mol. The maximum atomic E-state index is 12.5. The molecular weight excluding hydrogens is 382 g/mol. The topological polar surface area (TPSA) is 79.8 Å². The molecule has 27 heavy (non-hydrogen) atoms. The van der Waals surface area contributed by atoms with Crippen LogP contribution in [0.1, 0.15) is 46.5 Å². The molecule has 140 valence electrons. The van der Waals surface area contributed by atoms with Crippen LogP contribution in [0, 0.1) is 13.8 Å². The highest BCUT2D eigenvalue weighted by Gasteiger charge is 2.14. The van der Waals surface area contributed by atoms with Crippen molar-refractivity contribution >= 4 is 45.5 Å². The molecule has 0 saturated carbocycles. The van der Waals surface area contributed by atoms with Crippen LogP contribution in [0.15, 0.2) is 30.5 Å². The lowest BCUT2D eigenvalue weighted by molar-refractivity contribution is 0.103. The van der Waals surface area contributed by atoms with Crippen LogP contribution in [0.4, 0.5) is 16.6 Å². The van der Waals surface area contributed by atoms with E-state index < -0.39 is 0 Å². The molecule has 3 aromatic rings. The Morgan fingerprint density at radius 1 is 1.22 bits per heavy atom. The fourth-order valence-electron chi connectivity index (χ4n) is 2.46. The SMILES string of the molecule is Cc1nc(Nc2ncc(C(=O)Nc3c(C)cccc3Cl)s2)cc(C(C)C)n1. The summed E-state index contributed by atoms with van der Waals surface area (Å²) in [5.74, 6) is 1.39. The first-order chi connectivity index (χ1) is 12.8. The van der Waals surface area contributed by atoms with Crippen LogP contribution in [0.2, 0.25) is 5.02 Å². The van der Waals surface area contributed by atoms with Crippen molar-refractivity contribution in [1.29, 1.82) is 0 Å². The van der Waals surface area contributed by atoms with Crippen molar-refractivity contribution in [2.75, 3.05) is 10.6 Å². The number of aromatic nitrogens is 3. The van der Waals surface area contributed by atoms with Crippen LogP contribution in [0.3, 0.4) is 0 Å². The van der Waals surface area contributed by atoms with Gasteiger partial charge < -0.3 is 10.6 Å². The lowest BCUT2D eigenvalue weighted by Gasteiger charge is -2.09. The number of nitrogens with zero attached hydrogens (tertiary/aromatic N) is 3. The summed E-state index contributed by atoms with van der Waals surface area (Å²) < 4.78 is 0. The summed E-state index contributed by atoms with van der Waals surface area (Å²) >= 11 is 7.42. The van der Waals surface area contributed by atoms with Crippen molar-refractivity contribution in [3.05, 3.63) is 57.4 Å². The van der Waals surface area contributed by atoms with E-state index in [1.165, 1.54) is 17.5 Å². The second-order valence-electron chi connectivity index (χ2n) is 6.42. The number of nitrogens with one attached hydrogen (secondary N) is 2. The Balaban J connectivity index is 1.76. The van der Waals surface area contributed by atoms with Gasteiger partial charge in [0, 0.05) is 11.8 Å². The fourth-order valence-corrected chi connectivity index (χ4v) is 3.45. The Kier molecular flexibility index (Phi) is 5.72. The minimum Gasteiger partial charge on any atom is -0.320 e. The van der Waals surface area contributed by atoms with E-state index in [-0.39, 0.29) is 5.91 Å². The molecule has 1 amide bonds. The van der Waals surface area contributed by atoms with Crippen molar-refractivity contribution in [1.82, 2.24) is 15.0 Å². The van der Waals surface area contributed by atoms with Crippen LogP contribution >= 0.6 is 22.9 Å². The first-order valence-electron chi connectivity index (χ1n) is 8.48. The molecule has 0 aliphatic rings. The summed E-state index contributed by atoms with van der Waals surface area (Å²) in [6.45, 7) is 7.90. The Bertz CT molecular complexity index is 966. The number of benzene rings is 1. The molecule has 2 N–H and O–H groups in total. The number of carbonyl (C=O) groups is 1. The summed E-state index contributed by atoms with van der Waals surface area (Å²) in [5.41, 5.74) is 2.46. The molecule has 0 saturated heterocycles. The summed E-state index contributed by atoms with van der Waals surface area (Å²) in [5, 5.41) is 7.09. The van der Waals surface area contributed by atoms with Gasteiger partial charge >= 0.3 is 0 Å². The lowest BCUT2D eigenvalue weighted by Crippen LogP contribution is -2.11. The molecule has 6 nitrogen and oxygen atoms in total. The number of hydrogen-bond donors (Lipinski definition) is 2. The average Bonchev–Trinajstić information content (AvgIpc) is 3.06. The first kappa shape index (κ1) is 19.3. The van der Waals surface area contributed by atoms with Crippen LogP contribution in [-0.4, -0.2) is 20.9 Å². The number of amides is 1. The van der Waals surface area contributed by atoms with Crippen molar-refractivity contribution in [2.45, 2.75) is 33.6 Å². The Morgan fingerprint density at radius 2 is 2.00 bits per heavy atom. The van der Waals surface area contributed by atoms with Gasteiger partial charge in [0.1, 0.15) is 16.5 Å². The molecule has 1 aromatic carbocycles. The molecule has 2 heterocycles. The molecular formula is C19H20ClN5OS. The number of carbonyl (C=O) groups excluding carboxylic acids is 1. The molecule has 0 fully saturated rings. The third-order valence-corrected chi connectivity index (χ3v) is 5.10. The van der Waals surface area contributed by atoms with Gasteiger partial charge in [-0.2, -0.15) is 0 Å². The van der Waals surface area contributed by atoms with E-state index in [0.717, 1.165) is 11.3 Å². The third-order valence-electron chi connectivity index (χ3n) is 3.87. The van der Waals surface area contributed by atoms with Gasteiger partial charge in [0.05, 0.1) is 16.9 Å². The molecule has 0 radical (unpaired) electrons. The average molecular weight is 402 g/mol. The third kappa shape index (κ3) is 4.61. The zero-order chi connectivity index (χ0) is 19.6. The molecule has 0 bridgehead atoms. The normalized spacial score (nSPS) is 10.9. The minimum absolute atomic E-state index is 0.251. The molecule has 0 atom stereocenters. The summed E-state index contributed by atoms with van der Waals surface area (Å²) in [6.07, 6.45) is 1.53. The largest absolute Gasteiger partial charge is 0.320 e. The van der Waals surface area contributed by atoms with Crippen molar-refractivity contribution in [3.8, 4) is 0 Å². The Morgan fingerprint density at radius 3 is 2.70 bits per heavy atom. The van der Waals surface area contributed by atoms with E-state index in [1.54, 1.807) is 6.07 Å². The maximum absolute atomic E-state index is 12.5. The number of thiazole rings is 1. The molecule has 8 heteroatoms. The van der Waals surface area contributed by atoms with E-state index in [2.05, 4.69) is 39.4 Å². The van der Waals surface area contributed by atoms with Gasteiger partial charge in [-0.05, 0) is 31.4 Å². The number of halogens is 1. The number of para-hydroxylation sites is 1. The highest BCUT2D eigenvalue weighted by Crippen LogP contribution is 2.28. The standard InChI is InChI=1S/C19H20ClN5OS/c1-10(2)14-8-16(23-12(4)22-14)24-19-21-9-15(27-19)18(26)25-17-11(3)6-5-7-13(17)20/h5-10H,1-4H3,(H,25,26)(H,21,22,23,24). The summed E-state index contributed by atoms with van der Waals surface area (Å²) in [4.78, 5) is 26.1. The van der Waals surface area contributed by atoms with Crippen molar-refractivity contribution in [3.63, 3.8) is 0 Å². The first-order valence-corrected chi connectivity index (χ1v) is 9.68. The van der Waals surface area contributed by atoms with Crippen LogP contribution in [0.5, 0.6) is 0 Å². The van der Waals surface area contributed by atoms with E-state index in [1.807, 2.05) is 32.0 Å². The Hall–Kier alpha value is -2.51. The Labute approximate surface area is 167 Å². The van der Waals surface area contributed by atoms with E-state index in [4.69, 9.17) is 11.6 Å². The van der Waals surface area contributed by atoms with Gasteiger partial charge in [0.15, 0.2) is 5.13 Å². The zero-order valence-electron chi connectivity index (χ0n) is 15.5. The van der Waals surface area contributed by atoms with Gasteiger partial charge in [0.25, 0.3) is 5.91 Å². The molecule has 3 rings (SSSR count). The molecule has 2 aromatic heterocycles. The highest BCUT2D eigenvalue weighted by atomic mass is 35.5. The molecule has 0 aliphatic carbocycles. The molecule has 0 unspecified atom stereocenters.